The molecule has 0 bridgehead atoms. The van der Waals surface area contributed by atoms with E-state index in [0.29, 0.717) is 18.2 Å². The summed E-state index contributed by atoms with van der Waals surface area (Å²) in [6.07, 6.45) is 7.12. The number of nitrogens with zero attached hydrogens (tertiary/aromatic N) is 2. The standard InChI is InChI=1S/C14H24ClN3O2/c1-19-9-8-18-12(11(15)10-17-18)13(16)14(20-2)6-4-3-5-7-14/h10,13H,3-9,16H2,1-2H3. The summed E-state index contributed by atoms with van der Waals surface area (Å²) in [4.78, 5) is 0. The maximum atomic E-state index is 6.52. The van der Waals surface area contributed by atoms with E-state index in [2.05, 4.69) is 5.10 Å². The number of hydrogen-bond donors (Lipinski definition) is 1. The lowest BCUT2D eigenvalue weighted by Gasteiger charge is -2.41. The second kappa shape index (κ2) is 6.89. The Morgan fingerprint density at radius 3 is 2.70 bits per heavy atom. The Kier molecular flexibility index (Phi) is 5.43. The summed E-state index contributed by atoms with van der Waals surface area (Å²) >= 11 is 6.30. The third kappa shape index (κ3) is 3.01. The molecule has 0 saturated heterocycles. The summed E-state index contributed by atoms with van der Waals surface area (Å²) in [7, 11) is 3.41. The van der Waals surface area contributed by atoms with Crippen LogP contribution < -0.4 is 5.73 Å². The minimum Gasteiger partial charge on any atom is -0.383 e. The van der Waals surface area contributed by atoms with Crippen molar-refractivity contribution in [1.82, 2.24) is 9.78 Å². The molecule has 0 radical (unpaired) electrons. The molecule has 1 unspecified atom stereocenters. The van der Waals surface area contributed by atoms with Gasteiger partial charge in [-0.1, -0.05) is 30.9 Å². The summed E-state index contributed by atoms with van der Waals surface area (Å²) in [5.41, 5.74) is 7.05. The van der Waals surface area contributed by atoms with Gasteiger partial charge in [0.05, 0.1) is 41.7 Å². The van der Waals surface area contributed by atoms with Gasteiger partial charge in [0.2, 0.25) is 0 Å². The fourth-order valence-electron chi connectivity index (χ4n) is 3.08. The molecular weight excluding hydrogens is 278 g/mol. The third-order valence-corrected chi connectivity index (χ3v) is 4.60. The lowest BCUT2D eigenvalue weighted by atomic mass is 9.78. The van der Waals surface area contributed by atoms with E-state index in [9.17, 15) is 0 Å². The number of halogens is 1. The molecule has 2 N–H and O–H groups in total. The minimum absolute atomic E-state index is 0.264. The van der Waals surface area contributed by atoms with Gasteiger partial charge in [-0.05, 0) is 12.8 Å². The minimum atomic E-state index is -0.327. The average molecular weight is 302 g/mol. The zero-order valence-electron chi connectivity index (χ0n) is 12.3. The van der Waals surface area contributed by atoms with Gasteiger partial charge in [-0.15, -0.1) is 0 Å². The van der Waals surface area contributed by atoms with Gasteiger partial charge in [0, 0.05) is 14.2 Å². The van der Waals surface area contributed by atoms with Gasteiger partial charge in [-0.2, -0.15) is 5.10 Å². The summed E-state index contributed by atoms with van der Waals surface area (Å²) in [6, 6.07) is -0.264. The molecular formula is C14H24ClN3O2. The molecule has 0 aromatic carbocycles. The van der Waals surface area contributed by atoms with Crippen LogP contribution in [0.5, 0.6) is 0 Å². The van der Waals surface area contributed by atoms with Crippen LogP contribution in [0.1, 0.15) is 43.8 Å². The van der Waals surface area contributed by atoms with Crippen LogP contribution >= 0.6 is 11.6 Å². The number of rotatable bonds is 6. The molecule has 114 valence electrons. The Hall–Kier alpha value is -0.620. The molecule has 1 atom stereocenters. The summed E-state index contributed by atoms with van der Waals surface area (Å²) in [5.74, 6) is 0. The number of methoxy groups -OCH3 is 2. The van der Waals surface area contributed by atoms with E-state index >= 15 is 0 Å². The summed E-state index contributed by atoms with van der Waals surface area (Å²) in [6.45, 7) is 1.23. The smallest absolute Gasteiger partial charge is 0.0886 e. The SMILES string of the molecule is COCCn1ncc(Cl)c1C(N)C1(OC)CCCCC1. The zero-order chi connectivity index (χ0) is 14.6. The van der Waals surface area contributed by atoms with Crippen LogP contribution in [0.3, 0.4) is 0 Å². The van der Waals surface area contributed by atoms with Gasteiger partial charge in [-0.3, -0.25) is 4.68 Å². The molecule has 2 rings (SSSR count). The van der Waals surface area contributed by atoms with Crippen molar-refractivity contribution < 1.29 is 9.47 Å². The number of nitrogens with two attached hydrogens (primary N) is 1. The van der Waals surface area contributed by atoms with Crippen molar-refractivity contribution in [3.05, 3.63) is 16.9 Å². The van der Waals surface area contributed by atoms with Gasteiger partial charge in [-0.25, -0.2) is 0 Å². The van der Waals surface area contributed by atoms with E-state index in [1.54, 1.807) is 20.4 Å². The molecule has 0 amide bonds. The van der Waals surface area contributed by atoms with E-state index in [1.807, 2.05) is 4.68 Å². The van der Waals surface area contributed by atoms with Gasteiger partial charge >= 0.3 is 0 Å². The highest BCUT2D eigenvalue weighted by Crippen LogP contribution is 2.41. The van der Waals surface area contributed by atoms with Crippen molar-refractivity contribution >= 4 is 11.6 Å². The lowest BCUT2D eigenvalue weighted by molar-refractivity contribution is -0.0614. The first-order valence-corrected chi connectivity index (χ1v) is 7.53. The highest BCUT2D eigenvalue weighted by Gasteiger charge is 2.41. The van der Waals surface area contributed by atoms with E-state index in [4.69, 9.17) is 26.8 Å². The molecule has 1 saturated carbocycles. The van der Waals surface area contributed by atoms with Crippen LogP contribution in [0, 0.1) is 0 Å². The van der Waals surface area contributed by atoms with Crippen LogP contribution in [-0.2, 0) is 16.0 Å². The third-order valence-electron chi connectivity index (χ3n) is 4.31. The lowest BCUT2D eigenvalue weighted by Crippen LogP contribution is -2.45. The second-order valence-electron chi connectivity index (χ2n) is 5.40. The summed E-state index contributed by atoms with van der Waals surface area (Å²) in [5, 5.41) is 4.91. The molecule has 1 aliphatic rings. The first-order valence-electron chi connectivity index (χ1n) is 7.15. The van der Waals surface area contributed by atoms with Gasteiger partial charge in [0.15, 0.2) is 0 Å². The van der Waals surface area contributed by atoms with Crippen molar-refractivity contribution in [3.63, 3.8) is 0 Å². The molecule has 0 spiro atoms. The van der Waals surface area contributed by atoms with Gasteiger partial charge in [0.25, 0.3) is 0 Å². The van der Waals surface area contributed by atoms with Gasteiger partial charge in [0.1, 0.15) is 0 Å². The fraction of sp³-hybridized carbons (Fsp3) is 0.786. The molecule has 1 aromatic rings. The topological polar surface area (TPSA) is 62.3 Å². The van der Waals surface area contributed by atoms with Crippen molar-refractivity contribution in [1.29, 1.82) is 0 Å². The van der Waals surface area contributed by atoms with Crippen LogP contribution in [0.4, 0.5) is 0 Å². The van der Waals surface area contributed by atoms with E-state index in [0.717, 1.165) is 31.4 Å². The predicted molar refractivity (Wildman–Crippen MR) is 78.9 cm³/mol. The monoisotopic (exact) mass is 301 g/mol. The Bertz CT molecular complexity index is 430. The van der Waals surface area contributed by atoms with Crippen LogP contribution in [-0.4, -0.2) is 36.2 Å². The van der Waals surface area contributed by atoms with E-state index in [1.165, 1.54) is 6.42 Å². The Morgan fingerprint density at radius 1 is 1.40 bits per heavy atom. The first kappa shape index (κ1) is 15.8. The van der Waals surface area contributed by atoms with Crippen molar-refractivity contribution in [2.24, 2.45) is 5.73 Å². The molecule has 0 aliphatic heterocycles. The highest BCUT2D eigenvalue weighted by molar-refractivity contribution is 6.31. The second-order valence-corrected chi connectivity index (χ2v) is 5.81. The number of aromatic nitrogens is 2. The van der Waals surface area contributed by atoms with Gasteiger partial charge < -0.3 is 15.2 Å². The Balaban J connectivity index is 2.26. The van der Waals surface area contributed by atoms with Crippen molar-refractivity contribution in [2.75, 3.05) is 20.8 Å². The largest absolute Gasteiger partial charge is 0.383 e. The number of hydrogen-bond acceptors (Lipinski definition) is 4. The average Bonchev–Trinajstić information content (AvgIpc) is 2.85. The maximum absolute atomic E-state index is 6.52. The molecule has 1 heterocycles. The number of ether oxygens (including phenoxy) is 2. The van der Waals surface area contributed by atoms with Crippen LogP contribution in [0.25, 0.3) is 0 Å². The normalized spacial score (nSPS) is 20.0. The molecule has 1 fully saturated rings. The predicted octanol–water partition coefficient (Wildman–Crippen LogP) is 2.53. The first-order chi connectivity index (χ1) is 9.64. The summed E-state index contributed by atoms with van der Waals surface area (Å²) < 4.78 is 12.8. The van der Waals surface area contributed by atoms with Crippen LogP contribution in [0.2, 0.25) is 5.02 Å². The van der Waals surface area contributed by atoms with E-state index < -0.39 is 0 Å². The molecule has 1 aliphatic carbocycles. The fourth-order valence-corrected chi connectivity index (χ4v) is 3.34. The highest BCUT2D eigenvalue weighted by atomic mass is 35.5. The molecule has 5 nitrogen and oxygen atoms in total. The quantitative estimate of drug-likeness (QED) is 0.877. The Morgan fingerprint density at radius 2 is 2.10 bits per heavy atom. The maximum Gasteiger partial charge on any atom is 0.0886 e. The van der Waals surface area contributed by atoms with Crippen molar-refractivity contribution in [2.45, 2.75) is 50.3 Å². The van der Waals surface area contributed by atoms with Crippen molar-refractivity contribution in [3.8, 4) is 0 Å². The van der Waals surface area contributed by atoms with Crippen LogP contribution in [0.15, 0.2) is 6.20 Å². The Labute approximate surface area is 125 Å². The van der Waals surface area contributed by atoms with E-state index in [-0.39, 0.29) is 11.6 Å². The molecule has 20 heavy (non-hydrogen) atoms. The molecule has 6 heteroatoms. The molecule has 1 aromatic heterocycles. The zero-order valence-corrected chi connectivity index (χ0v) is 13.0.